The van der Waals surface area contributed by atoms with Gasteiger partial charge in [-0.1, -0.05) is 27.2 Å². The van der Waals surface area contributed by atoms with Crippen LogP contribution in [0, 0.1) is 0 Å². The molecule has 3 nitrogen and oxygen atoms in total. The Balaban J connectivity index is -0.0000000606. The molecule has 0 aliphatic carbocycles. The van der Waals surface area contributed by atoms with E-state index in [0.29, 0.717) is 0 Å². The van der Waals surface area contributed by atoms with Crippen LogP contribution in [0.3, 0.4) is 0 Å². The first-order chi connectivity index (χ1) is 6.02. The van der Waals surface area contributed by atoms with Gasteiger partial charge in [-0.15, -0.1) is 5.54 Å². The van der Waals surface area contributed by atoms with Crippen LogP contribution >= 0.6 is 0 Å². The molecule has 3 N–H and O–H groups in total. The summed E-state index contributed by atoms with van der Waals surface area (Å²) in [5, 5.41) is 16.1. The van der Waals surface area contributed by atoms with E-state index in [0.717, 1.165) is 6.42 Å². The summed E-state index contributed by atoms with van der Waals surface area (Å²) in [4.78, 5) is 0. The molecule has 0 fully saturated rings. The van der Waals surface area contributed by atoms with Crippen molar-refractivity contribution in [1.82, 2.24) is 0 Å². The van der Waals surface area contributed by atoms with Gasteiger partial charge in [0.05, 0.1) is 0 Å². The van der Waals surface area contributed by atoms with E-state index in [1.54, 1.807) is 27.7 Å². The summed E-state index contributed by atoms with van der Waals surface area (Å²) >= 11 is 0. The molecule has 94 valence electrons. The van der Waals surface area contributed by atoms with E-state index >= 15 is 0 Å². The van der Waals surface area contributed by atoms with E-state index < -0.39 is 0 Å². The predicted molar refractivity (Wildman–Crippen MR) is 63.4 cm³/mol. The molecule has 0 spiro atoms. The second-order valence-electron chi connectivity index (χ2n) is 4.42. The molecule has 0 rings (SSSR count). The number of nitrogens with one attached hydrogen (secondary N) is 1. The molecule has 0 unspecified atom stereocenters. The summed E-state index contributed by atoms with van der Waals surface area (Å²) in [7, 11) is 0. The predicted octanol–water partition coefficient (Wildman–Crippen LogP) is 3.00. The minimum Gasteiger partial charge on any atom is -0.672 e. The van der Waals surface area contributed by atoms with E-state index in [1.165, 1.54) is 0 Å². The third-order valence-corrected chi connectivity index (χ3v) is 0.884. The van der Waals surface area contributed by atoms with Gasteiger partial charge in [0.2, 0.25) is 0 Å². The van der Waals surface area contributed by atoms with Crippen LogP contribution in [0.4, 0.5) is 0 Å². The van der Waals surface area contributed by atoms with Gasteiger partial charge in [0, 0.05) is 33.9 Å². The van der Waals surface area contributed by atoms with Gasteiger partial charge in [-0.05, 0) is 27.7 Å². The van der Waals surface area contributed by atoms with Gasteiger partial charge in [-0.25, -0.2) is 0 Å². The van der Waals surface area contributed by atoms with Gasteiger partial charge in [-0.3, -0.25) is 0 Å². The Hall–Kier alpha value is 0.594. The van der Waals surface area contributed by atoms with E-state index in [2.05, 4.69) is 0 Å². The minimum absolute atomic E-state index is 0. The van der Waals surface area contributed by atoms with Crippen molar-refractivity contribution in [2.45, 2.75) is 72.6 Å². The van der Waals surface area contributed by atoms with Gasteiger partial charge in [0.1, 0.15) is 0 Å². The van der Waals surface area contributed by atoms with Crippen molar-refractivity contribution in [2.24, 2.45) is 0 Å². The molecule has 4 heteroatoms. The monoisotopic (exact) mass is 254 g/mol. The Morgan fingerprint density at radius 2 is 1.07 bits per heavy atom. The first kappa shape index (κ1) is 24.7. The van der Waals surface area contributed by atoms with Crippen LogP contribution in [0.15, 0.2) is 0 Å². The van der Waals surface area contributed by atoms with Crippen LogP contribution in [0.25, 0.3) is 5.73 Å². The second kappa shape index (κ2) is 14.6. The van der Waals surface area contributed by atoms with Gasteiger partial charge in [-0.2, -0.15) is 0 Å². The average molecular weight is 254 g/mol. The van der Waals surface area contributed by atoms with E-state index in [1.807, 2.05) is 20.8 Å². The van der Waals surface area contributed by atoms with E-state index in [-0.39, 0.29) is 39.5 Å². The first-order valence-electron chi connectivity index (χ1n) is 5.14. The van der Waals surface area contributed by atoms with Crippen molar-refractivity contribution in [3.05, 3.63) is 5.73 Å². The van der Waals surface area contributed by atoms with Crippen LogP contribution in [0.2, 0.25) is 0 Å². The molecule has 0 heterocycles. The van der Waals surface area contributed by atoms with Crippen molar-refractivity contribution in [2.75, 3.05) is 0 Å². The largest absolute Gasteiger partial charge is 0.672 e. The summed E-state index contributed by atoms with van der Waals surface area (Å²) in [5.74, 6) is 0. The summed E-state index contributed by atoms with van der Waals surface area (Å²) in [6.45, 7) is 12.7. The summed E-state index contributed by atoms with van der Waals surface area (Å²) in [6.07, 6.45) is 0.604. The maximum Gasteiger partial charge on any atom is 0.0483 e. The molecule has 0 saturated carbocycles. The zero-order valence-corrected chi connectivity index (χ0v) is 12.8. The number of hydrogen-bond donors (Lipinski definition) is 2. The maximum atomic E-state index is 8.06. The van der Waals surface area contributed by atoms with Gasteiger partial charge in [0.15, 0.2) is 0 Å². The molecule has 0 radical (unpaired) electrons. The van der Waals surface area contributed by atoms with Crippen molar-refractivity contribution in [3.63, 3.8) is 0 Å². The maximum absolute atomic E-state index is 8.06. The molecule has 0 aliphatic rings. The van der Waals surface area contributed by atoms with Gasteiger partial charge >= 0.3 is 0 Å². The SMILES string of the molecule is CC(C)O.CC(C)O.CCC(C)(C)[NH-].[Ti]. The van der Waals surface area contributed by atoms with E-state index in [4.69, 9.17) is 15.9 Å². The Morgan fingerprint density at radius 3 is 1.07 bits per heavy atom. The number of aliphatic hydroxyl groups excluding tert-OH is 2. The zero-order valence-electron chi connectivity index (χ0n) is 11.3. The smallest absolute Gasteiger partial charge is 0.0483 e. The second-order valence-corrected chi connectivity index (χ2v) is 4.42. The Morgan fingerprint density at radius 1 is 1.00 bits per heavy atom. The van der Waals surface area contributed by atoms with Crippen molar-refractivity contribution < 1.29 is 31.9 Å². The zero-order chi connectivity index (χ0) is 12.4. The third kappa shape index (κ3) is 179. The standard InChI is InChI=1S/C5H12N.2C3H8O.Ti/c1-4-5(2,3)6;2*1-3(2)4;/h6H,4H2,1-3H3;2*3-4H,1-2H3;/q-1;;;. The fourth-order valence-electron chi connectivity index (χ4n) is 0. The van der Waals surface area contributed by atoms with Crippen molar-refractivity contribution in [3.8, 4) is 0 Å². The van der Waals surface area contributed by atoms with Gasteiger partial charge < -0.3 is 15.9 Å². The summed E-state index contributed by atoms with van der Waals surface area (Å²) in [5.41, 5.74) is 6.97. The van der Waals surface area contributed by atoms with Crippen LogP contribution in [-0.4, -0.2) is 28.0 Å². The molecule has 0 aromatic heterocycles. The van der Waals surface area contributed by atoms with Crippen LogP contribution < -0.4 is 0 Å². The molecule has 0 atom stereocenters. The number of aliphatic hydroxyl groups is 2. The number of hydrogen-bond acceptors (Lipinski definition) is 2. The Kier molecular flexibility index (Phi) is 24.0. The normalized spacial score (nSPS) is 9.60. The molecule has 15 heavy (non-hydrogen) atoms. The molecular formula is C11H28NO2Ti-. The van der Waals surface area contributed by atoms with Crippen molar-refractivity contribution in [1.29, 1.82) is 0 Å². The molecule has 0 bridgehead atoms. The first-order valence-corrected chi connectivity index (χ1v) is 5.14. The molecule has 0 aromatic carbocycles. The molecular weight excluding hydrogens is 226 g/mol. The molecule has 0 aromatic rings. The van der Waals surface area contributed by atoms with E-state index in [9.17, 15) is 0 Å². The van der Waals surface area contributed by atoms with Crippen LogP contribution in [0.5, 0.6) is 0 Å². The number of rotatable bonds is 1. The van der Waals surface area contributed by atoms with Crippen LogP contribution in [0.1, 0.15) is 54.9 Å². The fraction of sp³-hybridized carbons (Fsp3) is 1.00. The third-order valence-electron chi connectivity index (χ3n) is 0.884. The fourth-order valence-corrected chi connectivity index (χ4v) is 0. The quantitative estimate of drug-likeness (QED) is 0.706. The molecule has 0 amide bonds. The average Bonchev–Trinajstić information content (AvgIpc) is 1.83. The summed E-state index contributed by atoms with van der Waals surface area (Å²) < 4.78 is 0. The van der Waals surface area contributed by atoms with Gasteiger partial charge in [0.25, 0.3) is 0 Å². The molecule has 0 saturated heterocycles. The van der Waals surface area contributed by atoms with Crippen LogP contribution in [-0.2, 0) is 21.7 Å². The minimum atomic E-state index is -0.208. The topological polar surface area (TPSA) is 64.3 Å². The Bertz CT molecular complexity index is 89.7. The summed E-state index contributed by atoms with van der Waals surface area (Å²) in [6, 6.07) is 0. The molecule has 0 aliphatic heterocycles. The van der Waals surface area contributed by atoms with Crippen molar-refractivity contribution >= 4 is 0 Å². The Labute approximate surface area is 110 Å².